The van der Waals surface area contributed by atoms with E-state index in [2.05, 4.69) is 0 Å². The van der Waals surface area contributed by atoms with E-state index in [1.807, 2.05) is 24.3 Å². The molecule has 5 atom stereocenters. The van der Waals surface area contributed by atoms with E-state index in [-0.39, 0.29) is 58.2 Å². The highest BCUT2D eigenvalue weighted by Gasteiger charge is 2.80. The molecule has 35 heavy (non-hydrogen) atoms. The van der Waals surface area contributed by atoms with E-state index in [0.29, 0.717) is 11.1 Å². The molecule has 4 aromatic carbocycles. The molecule has 174 valence electrons. The highest BCUT2D eigenvalue weighted by atomic mass is 16.3. The first kappa shape index (κ1) is 20.1. The molecule has 1 saturated carbocycles. The number of aromatic hydroxyl groups is 6. The van der Waals surface area contributed by atoms with Crippen LogP contribution in [0.25, 0.3) is 0 Å². The molecule has 0 aliphatic heterocycles. The molecule has 0 saturated heterocycles. The van der Waals surface area contributed by atoms with E-state index >= 15 is 0 Å². The molecule has 0 amide bonds. The van der Waals surface area contributed by atoms with Gasteiger partial charge < -0.3 is 30.6 Å². The third kappa shape index (κ3) is 2.38. The van der Waals surface area contributed by atoms with Gasteiger partial charge in [-0.15, -0.1) is 0 Å². The summed E-state index contributed by atoms with van der Waals surface area (Å²) in [6.07, 6.45) is 0. The van der Waals surface area contributed by atoms with Gasteiger partial charge in [-0.1, -0.05) is 24.3 Å². The summed E-state index contributed by atoms with van der Waals surface area (Å²) >= 11 is 0. The topological polar surface area (TPSA) is 121 Å². The molecule has 3 aliphatic rings. The Morgan fingerprint density at radius 3 is 1.51 bits per heavy atom. The molecular formula is C29H22O6. The fourth-order valence-electron chi connectivity index (χ4n) is 7.38. The van der Waals surface area contributed by atoms with Gasteiger partial charge in [-0.25, -0.2) is 0 Å². The van der Waals surface area contributed by atoms with Gasteiger partial charge in [-0.05, 0) is 70.5 Å². The molecule has 2 unspecified atom stereocenters. The van der Waals surface area contributed by atoms with Crippen molar-refractivity contribution < 1.29 is 30.6 Å². The molecule has 1 spiro atoms. The third-order valence-corrected chi connectivity index (χ3v) is 8.35. The largest absolute Gasteiger partial charge is 0.508 e. The van der Waals surface area contributed by atoms with E-state index in [1.54, 1.807) is 36.4 Å². The summed E-state index contributed by atoms with van der Waals surface area (Å²) in [4.78, 5) is 0. The third-order valence-electron chi connectivity index (χ3n) is 8.35. The van der Waals surface area contributed by atoms with Crippen LogP contribution in [0.5, 0.6) is 34.5 Å². The van der Waals surface area contributed by atoms with Crippen LogP contribution in [0.2, 0.25) is 0 Å². The standard InChI is InChI=1S/C29H22O6/c30-15-5-1-13(2-6-15)25-23-19(9-17(32)11-21(23)34)27-24-20(10-18(33)12-22(24)35)28-26(29(25,27)28)14-3-7-16(31)8-4-14/h1-12,25-28,30-35H/t25?,26-,27-,28-,29?/m0/s1. The molecule has 0 bridgehead atoms. The van der Waals surface area contributed by atoms with Gasteiger partial charge in [0.15, 0.2) is 0 Å². The Kier molecular flexibility index (Phi) is 3.68. The van der Waals surface area contributed by atoms with Crippen molar-refractivity contribution in [3.8, 4) is 34.5 Å². The first-order valence-corrected chi connectivity index (χ1v) is 11.5. The smallest absolute Gasteiger partial charge is 0.123 e. The van der Waals surface area contributed by atoms with E-state index in [4.69, 9.17) is 0 Å². The summed E-state index contributed by atoms with van der Waals surface area (Å²) in [5.74, 6) is -0.575. The van der Waals surface area contributed by atoms with E-state index in [9.17, 15) is 30.6 Å². The molecular weight excluding hydrogens is 444 g/mol. The second-order valence-corrected chi connectivity index (χ2v) is 9.94. The fraction of sp³-hybridized carbons (Fsp3) is 0.172. The Hall–Kier alpha value is -4.32. The van der Waals surface area contributed by atoms with Crippen LogP contribution in [0.15, 0.2) is 72.8 Å². The van der Waals surface area contributed by atoms with Gasteiger partial charge in [0, 0.05) is 40.5 Å². The number of benzene rings is 4. The summed E-state index contributed by atoms with van der Waals surface area (Å²) in [6.45, 7) is 0. The second kappa shape index (κ2) is 6.42. The minimum absolute atomic E-state index is 0.0128. The van der Waals surface area contributed by atoms with Crippen LogP contribution in [-0.4, -0.2) is 30.6 Å². The maximum atomic E-state index is 11.1. The van der Waals surface area contributed by atoms with Crippen LogP contribution in [0, 0.1) is 5.41 Å². The van der Waals surface area contributed by atoms with Gasteiger partial charge in [-0.2, -0.15) is 0 Å². The second-order valence-electron chi connectivity index (χ2n) is 9.94. The van der Waals surface area contributed by atoms with E-state index in [0.717, 1.165) is 22.3 Å². The van der Waals surface area contributed by atoms with Crippen LogP contribution in [-0.2, 0) is 0 Å². The summed E-state index contributed by atoms with van der Waals surface area (Å²) < 4.78 is 0. The molecule has 6 heteroatoms. The van der Waals surface area contributed by atoms with Crippen LogP contribution < -0.4 is 0 Å². The number of fused-ring (bicyclic) bond motifs is 5. The lowest BCUT2D eigenvalue weighted by Gasteiger charge is -2.27. The Morgan fingerprint density at radius 1 is 0.457 bits per heavy atom. The first-order valence-electron chi connectivity index (χ1n) is 11.5. The average Bonchev–Trinajstić information content (AvgIpc) is 3.25. The van der Waals surface area contributed by atoms with E-state index < -0.39 is 5.41 Å². The zero-order valence-corrected chi connectivity index (χ0v) is 18.4. The molecule has 0 heterocycles. The number of hydrogen-bond donors (Lipinski definition) is 6. The van der Waals surface area contributed by atoms with Gasteiger partial charge in [0.05, 0.1) is 0 Å². The first-order chi connectivity index (χ1) is 16.8. The molecule has 1 fully saturated rings. The highest BCUT2D eigenvalue weighted by molar-refractivity contribution is 5.74. The molecule has 4 aromatic rings. The summed E-state index contributed by atoms with van der Waals surface area (Å²) in [5.41, 5.74) is 4.38. The lowest BCUT2D eigenvalue weighted by Crippen LogP contribution is -2.17. The maximum absolute atomic E-state index is 11.1. The zero-order valence-electron chi connectivity index (χ0n) is 18.4. The van der Waals surface area contributed by atoms with Crippen molar-refractivity contribution in [1.29, 1.82) is 0 Å². The van der Waals surface area contributed by atoms with E-state index in [1.165, 1.54) is 12.1 Å². The molecule has 0 radical (unpaired) electrons. The molecule has 7 rings (SSSR count). The fourth-order valence-corrected chi connectivity index (χ4v) is 7.38. The quantitative estimate of drug-likeness (QED) is 0.245. The molecule has 6 nitrogen and oxygen atoms in total. The average molecular weight is 466 g/mol. The predicted molar refractivity (Wildman–Crippen MR) is 127 cm³/mol. The van der Waals surface area contributed by atoms with Crippen molar-refractivity contribution in [2.24, 2.45) is 5.41 Å². The van der Waals surface area contributed by atoms with Crippen LogP contribution >= 0.6 is 0 Å². The van der Waals surface area contributed by atoms with Crippen molar-refractivity contribution in [3.05, 3.63) is 106 Å². The van der Waals surface area contributed by atoms with Crippen molar-refractivity contribution in [2.45, 2.75) is 23.7 Å². The molecule has 6 N–H and O–H groups in total. The van der Waals surface area contributed by atoms with Gasteiger partial charge in [0.1, 0.15) is 34.5 Å². The van der Waals surface area contributed by atoms with Crippen LogP contribution in [0.4, 0.5) is 0 Å². The Bertz CT molecular complexity index is 1520. The highest BCUT2D eigenvalue weighted by Crippen LogP contribution is 2.90. The number of hydrogen-bond acceptors (Lipinski definition) is 6. The van der Waals surface area contributed by atoms with Crippen molar-refractivity contribution in [3.63, 3.8) is 0 Å². The SMILES string of the molecule is Oc1ccc(C2c3c(O)cc(O)cc3[C@H]3c4c(O)cc(O)cc4[C@H]4[C@H](c5ccc(O)cc5)C234)cc1. The van der Waals surface area contributed by atoms with Gasteiger partial charge in [0.2, 0.25) is 0 Å². The van der Waals surface area contributed by atoms with Crippen LogP contribution in [0.1, 0.15) is 57.1 Å². The number of phenolic OH excluding ortho intramolecular Hbond substituents is 6. The number of rotatable bonds is 2. The normalized spacial score (nSPS) is 27.1. The van der Waals surface area contributed by atoms with Crippen molar-refractivity contribution in [1.82, 2.24) is 0 Å². The molecule has 0 aromatic heterocycles. The van der Waals surface area contributed by atoms with Crippen LogP contribution in [0.3, 0.4) is 0 Å². The summed E-state index contributed by atoms with van der Waals surface area (Å²) in [7, 11) is 0. The number of phenols is 6. The van der Waals surface area contributed by atoms with Gasteiger partial charge in [0.25, 0.3) is 0 Å². The predicted octanol–water partition coefficient (Wildman–Crippen LogP) is 5.08. The minimum Gasteiger partial charge on any atom is -0.508 e. The maximum Gasteiger partial charge on any atom is 0.123 e. The minimum atomic E-state index is -0.519. The Balaban J connectivity index is 1.57. The lowest BCUT2D eigenvalue weighted by atomic mass is 9.75. The van der Waals surface area contributed by atoms with Gasteiger partial charge >= 0.3 is 0 Å². The Labute approximate surface area is 200 Å². The van der Waals surface area contributed by atoms with Gasteiger partial charge in [-0.3, -0.25) is 0 Å². The summed E-state index contributed by atoms with van der Waals surface area (Å²) in [5, 5.41) is 62.7. The van der Waals surface area contributed by atoms with Crippen molar-refractivity contribution in [2.75, 3.05) is 0 Å². The lowest BCUT2D eigenvalue weighted by molar-refractivity contribution is 0.400. The summed E-state index contributed by atoms with van der Waals surface area (Å²) in [6, 6.07) is 20.0. The van der Waals surface area contributed by atoms with Crippen molar-refractivity contribution >= 4 is 0 Å². The monoisotopic (exact) mass is 466 g/mol. The zero-order chi connectivity index (χ0) is 24.2. The Morgan fingerprint density at radius 2 is 0.943 bits per heavy atom. The molecule has 3 aliphatic carbocycles.